The van der Waals surface area contributed by atoms with E-state index in [2.05, 4.69) is 4.84 Å². The molecule has 0 aliphatic heterocycles. The van der Waals surface area contributed by atoms with E-state index in [0.717, 1.165) is 11.1 Å². The molecule has 0 unspecified atom stereocenters. The molecule has 0 heterocycles. The molecule has 2 aromatic rings. The summed E-state index contributed by atoms with van der Waals surface area (Å²) in [5.74, 6) is 5.66. The largest absolute Gasteiger partial charge is 0.487 e. The molecule has 0 atom stereocenters. The zero-order valence-electron chi connectivity index (χ0n) is 9.80. The fourth-order valence-corrected chi connectivity index (χ4v) is 1.84. The van der Waals surface area contributed by atoms with E-state index in [-0.39, 0.29) is 0 Å². The average molecular weight is 264 g/mol. The van der Waals surface area contributed by atoms with Gasteiger partial charge in [-0.1, -0.05) is 48.0 Å². The van der Waals surface area contributed by atoms with Crippen molar-refractivity contribution in [2.24, 2.45) is 5.90 Å². The second-order valence-corrected chi connectivity index (χ2v) is 4.26. The lowest BCUT2D eigenvalue weighted by molar-refractivity contribution is 0.124. The monoisotopic (exact) mass is 263 g/mol. The van der Waals surface area contributed by atoms with Crippen LogP contribution in [0.4, 0.5) is 0 Å². The smallest absolute Gasteiger partial charge is 0.138 e. The lowest BCUT2D eigenvalue weighted by atomic mass is 10.2. The molecule has 18 heavy (non-hydrogen) atoms. The van der Waals surface area contributed by atoms with Crippen molar-refractivity contribution in [1.82, 2.24) is 0 Å². The quantitative estimate of drug-likeness (QED) is 0.842. The van der Waals surface area contributed by atoms with Gasteiger partial charge in [0.05, 0.1) is 11.6 Å². The van der Waals surface area contributed by atoms with E-state index in [4.69, 9.17) is 22.2 Å². The van der Waals surface area contributed by atoms with E-state index in [1.54, 1.807) is 6.07 Å². The Morgan fingerprint density at radius 1 is 0.944 bits per heavy atom. The molecular weight excluding hydrogens is 250 g/mol. The average Bonchev–Trinajstić information content (AvgIpc) is 2.39. The first kappa shape index (κ1) is 12.9. The molecule has 0 saturated carbocycles. The summed E-state index contributed by atoms with van der Waals surface area (Å²) in [6.45, 7) is 0.825. The molecule has 0 bridgehead atoms. The van der Waals surface area contributed by atoms with E-state index >= 15 is 0 Å². The Bertz CT molecular complexity index is 502. The Morgan fingerprint density at radius 3 is 2.39 bits per heavy atom. The van der Waals surface area contributed by atoms with Gasteiger partial charge in [0.1, 0.15) is 12.4 Å². The van der Waals surface area contributed by atoms with Gasteiger partial charge in [-0.25, -0.2) is 5.90 Å². The van der Waals surface area contributed by atoms with Crippen LogP contribution in [-0.2, 0) is 18.1 Å². The summed E-state index contributed by atoms with van der Waals surface area (Å²) in [6.07, 6.45) is 0. The van der Waals surface area contributed by atoms with E-state index in [9.17, 15) is 0 Å². The number of rotatable bonds is 5. The molecule has 0 radical (unpaired) electrons. The highest BCUT2D eigenvalue weighted by Crippen LogP contribution is 2.26. The predicted octanol–water partition coefficient (Wildman–Crippen LogP) is 3.31. The third-order valence-corrected chi connectivity index (χ3v) is 2.78. The van der Waals surface area contributed by atoms with Crippen molar-refractivity contribution in [3.05, 3.63) is 64.7 Å². The lowest BCUT2D eigenvalue weighted by Gasteiger charge is -2.09. The molecule has 0 amide bonds. The van der Waals surface area contributed by atoms with Crippen molar-refractivity contribution in [3.8, 4) is 5.75 Å². The van der Waals surface area contributed by atoms with E-state index in [0.29, 0.717) is 24.0 Å². The lowest BCUT2D eigenvalue weighted by Crippen LogP contribution is -2.00. The minimum Gasteiger partial charge on any atom is -0.487 e. The van der Waals surface area contributed by atoms with Crippen LogP contribution in [0.25, 0.3) is 0 Å². The van der Waals surface area contributed by atoms with Gasteiger partial charge >= 0.3 is 0 Å². The fraction of sp³-hybridized carbons (Fsp3) is 0.143. The Hall–Kier alpha value is -1.55. The van der Waals surface area contributed by atoms with Crippen LogP contribution in [-0.4, -0.2) is 0 Å². The van der Waals surface area contributed by atoms with Gasteiger partial charge in [-0.05, 0) is 23.3 Å². The van der Waals surface area contributed by atoms with Crippen LogP contribution in [0.5, 0.6) is 5.75 Å². The molecule has 94 valence electrons. The molecule has 0 fully saturated rings. The zero-order chi connectivity index (χ0) is 12.8. The minimum absolute atomic E-state index is 0.332. The number of hydrogen-bond donors (Lipinski definition) is 1. The Kier molecular flexibility index (Phi) is 4.59. The molecular formula is C14H14ClNO2. The summed E-state index contributed by atoms with van der Waals surface area (Å²) >= 11 is 6.11. The molecule has 0 aliphatic rings. The number of benzene rings is 2. The number of nitrogens with two attached hydrogens (primary N) is 1. The van der Waals surface area contributed by atoms with Gasteiger partial charge in [-0.2, -0.15) is 0 Å². The molecule has 2 rings (SSSR count). The van der Waals surface area contributed by atoms with Crippen LogP contribution in [0, 0.1) is 0 Å². The number of hydrogen-bond acceptors (Lipinski definition) is 3. The van der Waals surface area contributed by atoms with Gasteiger partial charge < -0.3 is 4.74 Å². The fourth-order valence-electron chi connectivity index (χ4n) is 1.58. The third kappa shape index (κ3) is 3.47. The first-order chi connectivity index (χ1) is 8.79. The van der Waals surface area contributed by atoms with Gasteiger partial charge in [-0.15, -0.1) is 0 Å². The predicted molar refractivity (Wildman–Crippen MR) is 71.2 cm³/mol. The highest BCUT2D eigenvalue weighted by molar-refractivity contribution is 6.32. The second kappa shape index (κ2) is 6.40. The maximum atomic E-state index is 6.11. The highest BCUT2D eigenvalue weighted by Gasteiger charge is 2.03. The Morgan fingerprint density at radius 2 is 1.72 bits per heavy atom. The van der Waals surface area contributed by atoms with E-state index < -0.39 is 0 Å². The second-order valence-electron chi connectivity index (χ2n) is 3.85. The Balaban J connectivity index is 2.01. The molecule has 0 saturated heterocycles. The molecule has 0 aromatic heterocycles. The van der Waals surface area contributed by atoms with Crippen LogP contribution in [0.1, 0.15) is 11.1 Å². The van der Waals surface area contributed by atoms with Crippen molar-refractivity contribution in [2.75, 3.05) is 0 Å². The van der Waals surface area contributed by atoms with Gasteiger partial charge in [-0.3, -0.25) is 4.84 Å². The highest BCUT2D eigenvalue weighted by atomic mass is 35.5. The molecule has 2 N–H and O–H groups in total. The van der Waals surface area contributed by atoms with Gasteiger partial charge in [0.15, 0.2) is 0 Å². The molecule has 0 aliphatic carbocycles. The first-order valence-corrected chi connectivity index (χ1v) is 5.94. The van der Waals surface area contributed by atoms with Crippen LogP contribution in [0.2, 0.25) is 5.02 Å². The molecule has 0 spiro atoms. The molecule has 4 heteroatoms. The summed E-state index contributed by atoms with van der Waals surface area (Å²) in [4.78, 5) is 4.55. The summed E-state index contributed by atoms with van der Waals surface area (Å²) in [6, 6.07) is 15.4. The van der Waals surface area contributed by atoms with Gasteiger partial charge in [0, 0.05) is 0 Å². The van der Waals surface area contributed by atoms with E-state index in [1.165, 1.54) is 0 Å². The van der Waals surface area contributed by atoms with Gasteiger partial charge in [0.2, 0.25) is 0 Å². The molecule has 3 nitrogen and oxygen atoms in total. The van der Waals surface area contributed by atoms with Crippen LogP contribution < -0.4 is 10.6 Å². The van der Waals surface area contributed by atoms with Crippen molar-refractivity contribution in [1.29, 1.82) is 0 Å². The maximum absolute atomic E-state index is 6.11. The van der Waals surface area contributed by atoms with Gasteiger partial charge in [0.25, 0.3) is 0 Å². The Labute approximate surface area is 111 Å². The van der Waals surface area contributed by atoms with Crippen LogP contribution >= 0.6 is 11.6 Å². The van der Waals surface area contributed by atoms with Crippen molar-refractivity contribution in [2.45, 2.75) is 13.2 Å². The topological polar surface area (TPSA) is 44.5 Å². The standard InChI is InChI=1S/C14H14ClNO2/c15-13-8-12(10-18-16)6-7-14(13)17-9-11-4-2-1-3-5-11/h1-8H,9-10,16H2. The maximum Gasteiger partial charge on any atom is 0.138 e. The molecule has 2 aromatic carbocycles. The first-order valence-electron chi connectivity index (χ1n) is 5.56. The summed E-state index contributed by atoms with van der Waals surface area (Å²) in [5.41, 5.74) is 2.01. The van der Waals surface area contributed by atoms with Crippen molar-refractivity contribution in [3.63, 3.8) is 0 Å². The minimum atomic E-state index is 0.332. The van der Waals surface area contributed by atoms with Crippen LogP contribution in [0.3, 0.4) is 0 Å². The normalized spacial score (nSPS) is 10.3. The summed E-state index contributed by atoms with van der Waals surface area (Å²) in [5, 5.41) is 0.556. The van der Waals surface area contributed by atoms with Crippen molar-refractivity contribution < 1.29 is 9.57 Å². The number of ether oxygens (including phenoxy) is 1. The summed E-state index contributed by atoms with van der Waals surface area (Å²) < 4.78 is 5.65. The van der Waals surface area contributed by atoms with E-state index in [1.807, 2.05) is 42.5 Å². The number of halogens is 1. The zero-order valence-corrected chi connectivity index (χ0v) is 10.6. The SMILES string of the molecule is NOCc1ccc(OCc2ccccc2)c(Cl)c1. The third-order valence-electron chi connectivity index (χ3n) is 2.48. The van der Waals surface area contributed by atoms with Crippen LogP contribution in [0.15, 0.2) is 48.5 Å². The van der Waals surface area contributed by atoms with Crippen molar-refractivity contribution >= 4 is 11.6 Å². The summed E-state index contributed by atoms with van der Waals surface area (Å²) in [7, 11) is 0.